The van der Waals surface area contributed by atoms with Crippen molar-refractivity contribution >= 4 is 28.9 Å². The number of anilines is 1. The SMILES string of the molecule is C[C@@H]1CCCC[C@H]1NC(=S)Nc1ccc(C(=O)N(C)C)cc1. The van der Waals surface area contributed by atoms with Gasteiger partial charge in [-0.3, -0.25) is 4.79 Å². The zero-order valence-corrected chi connectivity index (χ0v) is 14.4. The van der Waals surface area contributed by atoms with Crippen molar-refractivity contribution in [1.29, 1.82) is 0 Å². The van der Waals surface area contributed by atoms with Crippen LogP contribution in [0.3, 0.4) is 0 Å². The first kappa shape index (κ1) is 16.7. The number of nitrogens with one attached hydrogen (secondary N) is 2. The predicted octanol–water partition coefficient (Wildman–Crippen LogP) is 3.25. The lowest BCUT2D eigenvalue weighted by atomic mass is 9.86. The van der Waals surface area contributed by atoms with Crippen molar-refractivity contribution in [2.75, 3.05) is 19.4 Å². The average Bonchev–Trinajstić information content (AvgIpc) is 2.49. The molecule has 1 amide bonds. The Bertz CT molecular complexity index is 527. The molecule has 1 aromatic rings. The molecule has 0 saturated heterocycles. The number of hydrogen-bond acceptors (Lipinski definition) is 2. The van der Waals surface area contributed by atoms with E-state index in [2.05, 4.69) is 17.6 Å². The number of rotatable bonds is 3. The van der Waals surface area contributed by atoms with Crippen molar-refractivity contribution in [3.63, 3.8) is 0 Å². The summed E-state index contributed by atoms with van der Waals surface area (Å²) in [4.78, 5) is 13.4. The fourth-order valence-electron chi connectivity index (χ4n) is 2.82. The molecule has 0 aliphatic heterocycles. The van der Waals surface area contributed by atoms with Crippen molar-refractivity contribution in [2.45, 2.75) is 38.6 Å². The van der Waals surface area contributed by atoms with Crippen LogP contribution < -0.4 is 10.6 Å². The molecule has 22 heavy (non-hydrogen) atoms. The Morgan fingerprint density at radius 3 is 2.41 bits per heavy atom. The van der Waals surface area contributed by atoms with Gasteiger partial charge in [-0.1, -0.05) is 19.8 Å². The van der Waals surface area contributed by atoms with Crippen molar-refractivity contribution in [2.24, 2.45) is 5.92 Å². The standard InChI is InChI=1S/C17H25N3OS/c1-12-6-4-5-7-15(12)19-17(22)18-14-10-8-13(9-11-14)16(21)20(2)3/h8-12,15H,4-7H2,1-3H3,(H2,18,19,22)/t12-,15-/m1/s1. The average molecular weight is 319 g/mol. The van der Waals surface area contributed by atoms with Crippen molar-refractivity contribution in [1.82, 2.24) is 10.2 Å². The molecular weight excluding hydrogens is 294 g/mol. The molecule has 1 fully saturated rings. The van der Waals surface area contributed by atoms with Crippen LogP contribution >= 0.6 is 12.2 Å². The van der Waals surface area contributed by atoms with Crippen molar-refractivity contribution in [3.05, 3.63) is 29.8 Å². The van der Waals surface area contributed by atoms with Crippen LogP contribution in [0, 0.1) is 5.92 Å². The van der Waals surface area contributed by atoms with Gasteiger partial charge in [-0.25, -0.2) is 0 Å². The molecule has 0 unspecified atom stereocenters. The highest BCUT2D eigenvalue weighted by Crippen LogP contribution is 2.23. The normalized spacial score (nSPS) is 21.0. The fraction of sp³-hybridized carbons (Fsp3) is 0.529. The van der Waals surface area contributed by atoms with E-state index in [4.69, 9.17) is 12.2 Å². The number of benzene rings is 1. The fourth-order valence-corrected chi connectivity index (χ4v) is 3.09. The van der Waals surface area contributed by atoms with E-state index in [0.29, 0.717) is 22.6 Å². The van der Waals surface area contributed by atoms with Gasteiger partial charge in [-0.05, 0) is 55.2 Å². The lowest BCUT2D eigenvalue weighted by Crippen LogP contribution is -2.43. The highest BCUT2D eigenvalue weighted by Gasteiger charge is 2.21. The van der Waals surface area contributed by atoms with E-state index >= 15 is 0 Å². The van der Waals surface area contributed by atoms with Crippen LogP contribution in [-0.4, -0.2) is 36.1 Å². The van der Waals surface area contributed by atoms with E-state index in [0.717, 1.165) is 5.69 Å². The third kappa shape index (κ3) is 4.44. The second kappa shape index (κ2) is 7.58. The number of carbonyl (C=O) groups excluding carboxylic acids is 1. The van der Waals surface area contributed by atoms with E-state index in [1.54, 1.807) is 19.0 Å². The molecule has 2 rings (SSSR count). The third-order valence-corrected chi connectivity index (χ3v) is 4.44. The summed E-state index contributed by atoms with van der Waals surface area (Å²) in [7, 11) is 3.50. The van der Waals surface area contributed by atoms with Crippen LogP contribution in [-0.2, 0) is 0 Å². The Balaban J connectivity index is 1.90. The largest absolute Gasteiger partial charge is 0.359 e. The Labute approximate surface area is 138 Å². The maximum atomic E-state index is 11.8. The summed E-state index contributed by atoms with van der Waals surface area (Å²) >= 11 is 5.40. The van der Waals surface area contributed by atoms with Gasteiger partial charge in [-0.2, -0.15) is 0 Å². The Morgan fingerprint density at radius 2 is 1.82 bits per heavy atom. The van der Waals surface area contributed by atoms with Crippen LogP contribution in [0.15, 0.2) is 24.3 Å². The van der Waals surface area contributed by atoms with Gasteiger partial charge in [0.05, 0.1) is 0 Å². The summed E-state index contributed by atoms with van der Waals surface area (Å²) in [5.41, 5.74) is 1.58. The molecule has 1 aliphatic rings. The van der Waals surface area contributed by atoms with Gasteiger partial charge in [0.25, 0.3) is 5.91 Å². The molecule has 2 atom stereocenters. The molecule has 1 aliphatic carbocycles. The van der Waals surface area contributed by atoms with E-state index in [1.807, 2.05) is 24.3 Å². The molecule has 5 heteroatoms. The van der Waals surface area contributed by atoms with Gasteiger partial charge >= 0.3 is 0 Å². The van der Waals surface area contributed by atoms with E-state index < -0.39 is 0 Å². The minimum atomic E-state index is 0.00304. The number of carbonyl (C=O) groups is 1. The summed E-state index contributed by atoms with van der Waals surface area (Å²) < 4.78 is 0. The first-order valence-electron chi connectivity index (χ1n) is 7.86. The summed E-state index contributed by atoms with van der Waals surface area (Å²) in [5.74, 6) is 0.664. The Morgan fingerprint density at radius 1 is 1.18 bits per heavy atom. The quantitative estimate of drug-likeness (QED) is 0.840. The van der Waals surface area contributed by atoms with Gasteiger partial charge in [0, 0.05) is 31.4 Å². The number of nitrogens with zero attached hydrogens (tertiary/aromatic N) is 1. The molecule has 1 aromatic carbocycles. The summed E-state index contributed by atoms with van der Waals surface area (Å²) in [6.07, 6.45) is 5.04. The third-order valence-electron chi connectivity index (χ3n) is 4.22. The lowest BCUT2D eigenvalue weighted by Gasteiger charge is -2.30. The summed E-state index contributed by atoms with van der Waals surface area (Å²) in [6, 6.07) is 7.86. The molecule has 0 spiro atoms. The molecule has 1 saturated carbocycles. The Hall–Kier alpha value is -1.62. The summed E-state index contributed by atoms with van der Waals surface area (Å²) in [6.45, 7) is 2.28. The molecular formula is C17H25N3OS. The first-order chi connectivity index (χ1) is 10.5. The predicted molar refractivity (Wildman–Crippen MR) is 95.2 cm³/mol. The maximum absolute atomic E-state index is 11.8. The van der Waals surface area contributed by atoms with Gasteiger partial charge in [-0.15, -0.1) is 0 Å². The van der Waals surface area contributed by atoms with Crippen molar-refractivity contribution in [3.8, 4) is 0 Å². The van der Waals surface area contributed by atoms with Gasteiger partial charge in [0.1, 0.15) is 0 Å². The summed E-state index contributed by atoms with van der Waals surface area (Å²) in [5, 5.41) is 7.28. The zero-order valence-electron chi connectivity index (χ0n) is 13.6. The van der Waals surface area contributed by atoms with E-state index in [1.165, 1.54) is 25.7 Å². The number of amides is 1. The van der Waals surface area contributed by atoms with Crippen LogP contribution in [0.25, 0.3) is 0 Å². The monoisotopic (exact) mass is 319 g/mol. The highest BCUT2D eigenvalue weighted by molar-refractivity contribution is 7.80. The topological polar surface area (TPSA) is 44.4 Å². The van der Waals surface area contributed by atoms with Gasteiger partial charge < -0.3 is 15.5 Å². The lowest BCUT2D eigenvalue weighted by molar-refractivity contribution is 0.0827. The Kier molecular flexibility index (Phi) is 5.77. The number of hydrogen-bond donors (Lipinski definition) is 2. The second-order valence-electron chi connectivity index (χ2n) is 6.24. The molecule has 0 aromatic heterocycles. The zero-order chi connectivity index (χ0) is 16.1. The van der Waals surface area contributed by atoms with E-state index in [-0.39, 0.29) is 5.91 Å². The minimum Gasteiger partial charge on any atom is -0.359 e. The highest BCUT2D eigenvalue weighted by atomic mass is 32.1. The minimum absolute atomic E-state index is 0.00304. The van der Waals surface area contributed by atoms with Crippen LogP contribution in [0.1, 0.15) is 43.0 Å². The van der Waals surface area contributed by atoms with Gasteiger partial charge in [0.2, 0.25) is 0 Å². The smallest absolute Gasteiger partial charge is 0.253 e. The van der Waals surface area contributed by atoms with Gasteiger partial charge in [0.15, 0.2) is 5.11 Å². The maximum Gasteiger partial charge on any atom is 0.253 e. The van der Waals surface area contributed by atoms with Crippen LogP contribution in [0.2, 0.25) is 0 Å². The molecule has 0 bridgehead atoms. The second-order valence-corrected chi connectivity index (χ2v) is 6.65. The van der Waals surface area contributed by atoms with Crippen molar-refractivity contribution < 1.29 is 4.79 Å². The first-order valence-corrected chi connectivity index (χ1v) is 8.27. The molecule has 2 N–H and O–H groups in total. The van der Waals surface area contributed by atoms with E-state index in [9.17, 15) is 4.79 Å². The van der Waals surface area contributed by atoms with Crippen LogP contribution in [0.5, 0.6) is 0 Å². The molecule has 0 radical (unpaired) electrons. The molecule has 120 valence electrons. The molecule has 4 nitrogen and oxygen atoms in total. The molecule has 0 heterocycles. The number of thiocarbonyl (C=S) groups is 1. The van der Waals surface area contributed by atoms with Crippen LogP contribution in [0.4, 0.5) is 5.69 Å².